The Morgan fingerprint density at radius 3 is 1.97 bits per heavy atom. The number of fused-ring (bicyclic) bond motifs is 5. The zero-order chi connectivity index (χ0) is 21.7. The first-order valence-corrected chi connectivity index (χ1v) is 11.3. The van der Waals surface area contributed by atoms with Gasteiger partial charge in [0.2, 0.25) is 0 Å². The number of aromatic nitrogens is 2. The average Bonchev–Trinajstić information content (AvgIpc) is 3.32. The molecule has 2 N–H and O–H groups in total. The zero-order valence-electron chi connectivity index (χ0n) is 17.8. The van der Waals surface area contributed by atoms with Crippen LogP contribution in [0.1, 0.15) is 0 Å². The summed E-state index contributed by atoms with van der Waals surface area (Å²) in [5.74, 6) is 6.59. The standard InChI is InChI=1S/C30H19N3/c31-33-26-13-5-9-20-21-10-4-11-22-23-17-19(18-7-2-1-3-8-18)15-16-24(23)32(30(21)22)25-12-6-14-27(33)29(25)28(20)26/h1-17H,31H2. The largest absolute Gasteiger partial charge is 0.339 e. The predicted molar refractivity (Wildman–Crippen MR) is 140 cm³/mol. The molecule has 0 atom stereocenters. The molecule has 0 amide bonds. The van der Waals surface area contributed by atoms with Crippen molar-refractivity contribution in [3.05, 3.63) is 103 Å². The summed E-state index contributed by atoms with van der Waals surface area (Å²) in [5, 5.41) is 7.49. The van der Waals surface area contributed by atoms with Crippen LogP contribution < -0.4 is 5.84 Å². The number of nitrogen functional groups attached to an aromatic ring is 1. The molecule has 0 unspecified atom stereocenters. The maximum absolute atomic E-state index is 6.59. The zero-order valence-corrected chi connectivity index (χ0v) is 17.8. The van der Waals surface area contributed by atoms with Crippen molar-refractivity contribution in [3.63, 3.8) is 0 Å². The quantitative estimate of drug-likeness (QED) is 0.277. The minimum Gasteiger partial charge on any atom is -0.339 e. The summed E-state index contributed by atoms with van der Waals surface area (Å²) >= 11 is 0. The van der Waals surface area contributed by atoms with Crippen molar-refractivity contribution in [1.29, 1.82) is 0 Å². The Kier molecular flexibility index (Phi) is 3.03. The second kappa shape index (κ2) is 5.84. The van der Waals surface area contributed by atoms with Gasteiger partial charge in [-0.15, -0.1) is 0 Å². The fraction of sp³-hybridized carbons (Fsp3) is 0. The van der Waals surface area contributed by atoms with Crippen LogP contribution in [0.4, 0.5) is 0 Å². The van der Waals surface area contributed by atoms with E-state index in [0.29, 0.717) is 0 Å². The summed E-state index contributed by atoms with van der Waals surface area (Å²) in [4.78, 5) is 0. The average molecular weight is 422 g/mol. The number of hydrogen-bond donors (Lipinski definition) is 1. The molecule has 0 fully saturated rings. The van der Waals surface area contributed by atoms with Crippen molar-refractivity contribution >= 4 is 59.9 Å². The van der Waals surface area contributed by atoms with Crippen LogP contribution in [0.5, 0.6) is 0 Å². The number of hydrogen-bond acceptors (Lipinski definition) is 1. The highest BCUT2D eigenvalue weighted by molar-refractivity contribution is 6.31. The molecule has 8 rings (SSSR count). The molecule has 0 saturated heterocycles. The summed E-state index contributed by atoms with van der Waals surface area (Å²) in [6, 6.07) is 37.1. The lowest BCUT2D eigenvalue weighted by molar-refractivity contribution is 1.12. The van der Waals surface area contributed by atoms with E-state index < -0.39 is 0 Å². The van der Waals surface area contributed by atoms with Gasteiger partial charge >= 0.3 is 0 Å². The molecule has 0 aliphatic carbocycles. The molecule has 33 heavy (non-hydrogen) atoms. The monoisotopic (exact) mass is 421 g/mol. The first-order chi connectivity index (χ1) is 16.3. The Morgan fingerprint density at radius 1 is 0.455 bits per heavy atom. The minimum atomic E-state index is 1.05. The van der Waals surface area contributed by atoms with Crippen LogP contribution in [0.2, 0.25) is 0 Å². The van der Waals surface area contributed by atoms with E-state index >= 15 is 0 Å². The van der Waals surface area contributed by atoms with Crippen molar-refractivity contribution in [1.82, 2.24) is 9.08 Å². The molecule has 0 radical (unpaired) electrons. The van der Waals surface area contributed by atoms with Crippen LogP contribution in [-0.4, -0.2) is 9.08 Å². The van der Waals surface area contributed by atoms with Crippen molar-refractivity contribution in [2.45, 2.75) is 0 Å². The lowest BCUT2D eigenvalue weighted by atomic mass is 10.0. The molecule has 8 aromatic rings. The maximum Gasteiger partial charge on any atom is 0.0724 e. The molecule has 5 aromatic carbocycles. The second-order valence-electron chi connectivity index (χ2n) is 8.88. The van der Waals surface area contributed by atoms with Crippen LogP contribution in [0.25, 0.3) is 71.0 Å². The lowest BCUT2D eigenvalue weighted by Gasteiger charge is -2.04. The molecule has 3 nitrogen and oxygen atoms in total. The molecule has 3 heterocycles. The van der Waals surface area contributed by atoms with E-state index in [1.807, 2.05) is 4.68 Å². The van der Waals surface area contributed by atoms with Crippen LogP contribution >= 0.6 is 0 Å². The summed E-state index contributed by atoms with van der Waals surface area (Å²) < 4.78 is 4.28. The van der Waals surface area contributed by atoms with Crippen LogP contribution in [-0.2, 0) is 0 Å². The van der Waals surface area contributed by atoms with Gasteiger partial charge in [0.05, 0.1) is 27.6 Å². The highest BCUT2D eigenvalue weighted by Crippen LogP contribution is 2.43. The van der Waals surface area contributed by atoms with E-state index in [0.717, 1.165) is 11.0 Å². The van der Waals surface area contributed by atoms with Gasteiger partial charge in [-0.05, 0) is 46.8 Å². The summed E-state index contributed by atoms with van der Waals surface area (Å²) in [5.41, 5.74) is 8.25. The number of nitrogens with two attached hydrogens (primary N) is 1. The Labute approximate surface area is 189 Å². The molecule has 3 aromatic heterocycles. The Balaban J connectivity index is 1.70. The van der Waals surface area contributed by atoms with E-state index in [9.17, 15) is 0 Å². The SMILES string of the molecule is Nn1c2cccc3c4cccc5c6cc(-c7ccccc7)ccc6n(c6cccc1c6c32)c45. The Bertz CT molecular complexity index is 2020. The van der Waals surface area contributed by atoms with Crippen molar-refractivity contribution in [3.8, 4) is 11.1 Å². The van der Waals surface area contributed by atoms with Crippen molar-refractivity contribution in [2.24, 2.45) is 0 Å². The number of benzene rings is 5. The van der Waals surface area contributed by atoms with Gasteiger partial charge in [-0.3, -0.25) is 4.68 Å². The molecule has 0 spiro atoms. The third-order valence-electron chi connectivity index (χ3n) is 7.26. The molecule has 0 aliphatic heterocycles. The molecular weight excluding hydrogens is 402 g/mol. The van der Waals surface area contributed by atoms with E-state index in [2.05, 4.69) is 108 Å². The predicted octanol–water partition coefficient (Wildman–Crippen LogP) is 7.33. The first kappa shape index (κ1) is 17.1. The first-order valence-electron chi connectivity index (χ1n) is 11.3. The van der Waals surface area contributed by atoms with E-state index in [4.69, 9.17) is 5.84 Å². The molecule has 0 bridgehead atoms. The molecule has 3 heteroatoms. The third-order valence-corrected chi connectivity index (χ3v) is 7.26. The number of nitrogens with zero attached hydrogens (tertiary/aromatic N) is 2. The van der Waals surface area contributed by atoms with Gasteiger partial charge in [-0.25, -0.2) is 0 Å². The van der Waals surface area contributed by atoms with E-state index in [-0.39, 0.29) is 0 Å². The van der Waals surface area contributed by atoms with E-state index in [1.54, 1.807) is 0 Å². The van der Waals surface area contributed by atoms with Crippen molar-refractivity contribution < 1.29 is 0 Å². The van der Waals surface area contributed by atoms with Gasteiger partial charge in [0.1, 0.15) is 0 Å². The van der Waals surface area contributed by atoms with Crippen molar-refractivity contribution in [2.75, 3.05) is 5.84 Å². The molecule has 0 aliphatic rings. The van der Waals surface area contributed by atoms with Crippen LogP contribution in [0.15, 0.2) is 103 Å². The molecule has 154 valence electrons. The van der Waals surface area contributed by atoms with Gasteiger partial charge in [0, 0.05) is 26.9 Å². The minimum absolute atomic E-state index is 1.05. The van der Waals surface area contributed by atoms with Gasteiger partial charge < -0.3 is 10.2 Å². The van der Waals surface area contributed by atoms with Crippen LogP contribution in [0.3, 0.4) is 0 Å². The summed E-state index contributed by atoms with van der Waals surface area (Å²) in [6.45, 7) is 0. The highest BCUT2D eigenvalue weighted by atomic mass is 15.3. The maximum atomic E-state index is 6.59. The normalized spacial score (nSPS) is 12.4. The Morgan fingerprint density at radius 2 is 1.12 bits per heavy atom. The van der Waals surface area contributed by atoms with E-state index in [1.165, 1.54) is 60.0 Å². The molecule has 0 saturated carbocycles. The smallest absolute Gasteiger partial charge is 0.0724 e. The second-order valence-corrected chi connectivity index (χ2v) is 8.88. The van der Waals surface area contributed by atoms with Gasteiger partial charge in [-0.1, -0.05) is 72.8 Å². The van der Waals surface area contributed by atoms with Gasteiger partial charge in [-0.2, -0.15) is 0 Å². The number of rotatable bonds is 1. The number of para-hydroxylation sites is 1. The third kappa shape index (κ3) is 2.00. The highest BCUT2D eigenvalue weighted by Gasteiger charge is 2.20. The fourth-order valence-electron chi connectivity index (χ4n) is 5.88. The fourth-order valence-corrected chi connectivity index (χ4v) is 5.88. The van der Waals surface area contributed by atoms with Gasteiger partial charge in [0.25, 0.3) is 0 Å². The molecular formula is C30H19N3. The lowest BCUT2D eigenvalue weighted by Crippen LogP contribution is -2.06. The topological polar surface area (TPSA) is 35.4 Å². The van der Waals surface area contributed by atoms with Gasteiger partial charge in [0.15, 0.2) is 0 Å². The Hall–Kier alpha value is -4.50. The summed E-state index contributed by atoms with van der Waals surface area (Å²) in [7, 11) is 0. The summed E-state index contributed by atoms with van der Waals surface area (Å²) in [6.07, 6.45) is 0. The van der Waals surface area contributed by atoms with Crippen LogP contribution in [0, 0.1) is 0 Å².